The summed E-state index contributed by atoms with van der Waals surface area (Å²) in [5, 5.41) is 0. The Kier molecular flexibility index (Phi) is 6.27. The molecule has 0 bridgehead atoms. The third-order valence-corrected chi connectivity index (χ3v) is 8.76. The van der Waals surface area contributed by atoms with Crippen LogP contribution in [0.15, 0.2) is 53.4 Å². The van der Waals surface area contributed by atoms with Crippen molar-refractivity contribution in [2.75, 3.05) is 36.0 Å². The normalized spacial score (nSPS) is 19.2. The Morgan fingerprint density at radius 3 is 2.32 bits per heavy atom. The highest BCUT2D eigenvalue weighted by Gasteiger charge is 2.29. The molecule has 5 rings (SSSR count). The minimum Gasteiger partial charge on any atom is -0.312 e. The fraction of sp³-hybridized carbons (Fsp3) is 0.385. The number of carbonyl (C=O) groups is 2. The summed E-state index contributed by atoms with van der Waals surface area (Å²) in [5.74, 6) is 0.0160. The summed E-state index contributed by atoms with van der Waals surface area (Å²) in [6.45, 7) is 2.43. The predicted octanol–water partition coefficient (Wildman–Crippen LogP) is 3.59. The second-order valence-electron chi connectivity index (χ2n) is 9.07. The topological polar surface area (TPSA) is 78.0 Å². The van der Waals surface area contributed by atoms with Gasteiger partial charge in [-0.15, -0.1) is 0 Å². The summed E-state index contributed by atoms with van der Waals surface area (Å²) >= 11 is 0. The first-order valence-electron chi connectivity index (χ1n) is 12.0. The van der Waals surface area contributed by atoms with E-state index in [2.05, 4.69) is 0 Å². The fourth-order valence-electron chi connectivity index (χ4n) is 4.97. The van der Waals surface area contributed by atoms with Crippen LogP contribution < -0.4 is 9.80 Å². The van der Waals surface area contributed by atoms with Gasteiger partial charge in [0.2, 0.25) is 15.9 Å². The number of fused-ring (bicyclic) bond motifs is 1. The van der Waals surface area contributed by atoms with Gasteiger partial charge in [0.1, 0.15) is 0 Å². The van der Waals surface area contributed by atoms with E-state index >= 15 is 0 Å². The van der Waals surface area contributed by atoms with E-state index in [0.29, 0.717) is 37.4 Å². The summed E-state index contributed by atoms with van der Waals surface area (Å²) in [5.41, 5.74) is 3.43. The van der Waals surface area contributed by atoms with Gasteiger partial charge in [0.15, 0.2) is 0 Å². The Balaban J connectivity index is 1.27. The minimum atomic E-state index is -3.49. The average molecular weight is 480 g/mol. The summed E-state index contributed by atoms with van der Waals surface area (Å²) in [6, 6.07) is 12.7. The average Bonchev–Trinajstić information content (AvgIpc) is 3.49. The monoisotopic (exact) mass is 479 g/mol. The first kappa shape index (κ1) is 22.8. The van der Waals surface area contributed by atoms with Gasteiger partial charge in [-0.05, 0) is 73.2 Å². The van der Waals surface area contributed by atoms with E-state index in [1.54, 1.807) is 44.5 Å². The van der Waals surface area contributed by atoms with Crippen LogP contribution >= 0.6 is 0 Å². The molecule has 0 atom stereocenters. The Morgan fingerprint density at radius 2 is 1.62 bits per heavy atom. The Bertz CT molecular complexity index is 1230. The molecule has 7 nitrogen and oxygen atoms in total. The molecule has 2 amide bonds. The third-order valence-electron chi connectivity index (χ3n) is 6.86. The second-order valence-corrected chi connectivity index (χ2v) is 11.0. The van der Waals surface area contributed by atoms with Gasteiger partial charge < -0.3 is 9.80 Å². The molecule has 2 fully saturated rings. The summed E-state index contributed by atoms with van der Waals surface area (Å²) in [4.78, 5) is 28.6. The van der Waals surface area contributed by atoms with Crippen LogP contribution in [0.2, 0.25) is 0 Å². The standard InChI is InChI=1S/C26H29N3O4S/c30-25-5-4-17-28(25)22-9-6-20(7-10-22)8-13-26(31)29-18-14-21-19-23(11-12-24(21)29)34(32,33)27-15-2-1-3-16-27/h6-13,19H,1-5,14-18H2/b13-8+. The van der Waals surface area contributed by atoms with E-state index in [-0.39, 0.29) is 11.8 Å². The van der Waals surface area contributed by atoms with Crippen molar-refractivity contribution < 1.29 is 18.0 Å². The molecule has 0 N–H and O–H groups in total. The van der Waals surface area contributed by atoms with Crippen molar-refractivity contribution in [2.45, 2.75) is 43.4 Å². The van der Waals surface area contributed by atoms with Crippen molar-refractivity contribution in [2.24, 2.45) is 0 Å². The van der Waals surface area contributed by atoms with Gasteiger partial charge >= 0.3 is 0 Å². The summed E-state index contributed by atoms with van der Waals surface area (Å²) in [6.07, 6.45) is 8.31. The number of amides is 2. The van der Waals surface area contributed by atoms with Crippen LogP contribution in [0.4, 0.5) is 11.4 Å². The lowest BCUT2D eigenvalue weighted by molar-refractivity contribution is -0.117. The van der Waals surface area contributed by atoms with Crippen molar-refractivity contribution in [3.05, 3.63) is 59.7 Å². The van der Waals surface area contributed by atoms with Crippen LogP contribution in [-0.2, 0) is 26.0 Å². The molecule has 0 unspecified atom stereocenters. The maximum atomic E-state index is 13.0. The second kappa shape index (κ2) is 9.35. The van der Waals surface area contributed by atoms with Crippen LogP contribution in [0, 0.1) is 0 Å². The highest BCUT2D eigenvalue weighted by Crippen LogP contribution is 2.32. The van der Waals surface area contributed by atoms with E-state index in [9.17, 15) is 18.0 Å². The first-order valence-corrected chi connectivity index (χ1v) is 13.4. The van der Waals surface area contributed by atoms with Gasteiger partial charge in [-0.25, -0.2) is 8.42 Å². The van der Waals surface area contributed by atoms with Crippen molar-refractivity contribution in [1.29, 1.82) is 0 Å². The number of anilines is 2. The fourth-order valence-corrected chi connectivity index (χ4v) is 6.53. The first-order chi connectivity index (χ1) is 16.4. The van der Waals surface area contributed by atoms with Gasteiger partial charge in [-0.3, -0.25) is 9.59 Å². The van der Waals surface area contributed by atoms with Gasteiger partial charge in [0, 0.05) is 50.1 Å². The number of hydrogen-bond donors (Lipinski definition) is 0. The third kappa shape index (κ3) is 4.40. The quantitative estimate of drug-likeness (QED) is 0.614. The van der Waals surface area contributed by atoms with Crippen molar-refractivity contribution in [3.8, 4) is 0 Å². The largest absolute Gasteiger partial charge is 0.312 e. The molecule has 0 radical (unpaired) electrons. The molecule has 3 aliphatic heterocycles. The van der Waals surface area contributed by atoms with Gasteiger partial charge in [0.05, 0.1) is 4.90 Å². The highest BCUT2D eigenvalue weighted by atomic mass is 32.2. The van der Waals surface area contributed by atoms with E-state index in [0.717, 1.165) is 54.7 Å². The highest BCUT2D eigenvalue weighted by molar-refractivity contribution is 7.89. The number of nitrogens with zero attached hydrogens (tertiary/aromatic N) is 3. The molecule has 3 heterocycles. The zero-order valence-corrected chi connectivity index (χ0v) is 20.0. The molecular weight excluding hydrogens is 450 g/mol. The number of piperidine rings is 1. The Morgan fingerprint density at radius 1 is 0.853 bits per heavy atom. The Hall–Kier alpha value is -2.97. The maximum absolute atomic E-state index is 13.0. The predicted molar refractivity (Wildman–Crippen MR) is 132 cm³/mol. The number of rotatable bonds is 5. The molecule has 8 heteroatoms. The molecule has 0 spiro atoms. The van der Waals surface area contributed by atoms with Gasteiger partial charge in [0.25, 0.3) is 5.91 Å². The van der Waals surface area contributed by atoms with E-state index in [4.69, 9.17) is 0 Å². The number of hydrogen-bond acceptors (Lipinski definition) is 4. The molecule has 0 aromatic heterocycles. The van der Waals surface area contributed by atoms with Crippen LogP contribution in [0.25, 0.3) is 6.08 Å². The zero-order valence-electron chi connectivity index (χ0n) is 19.2. The summed E-state index contributed by atoms with van der Waals surface area (Å²) in [7, 11) is -3.49. The molecule has 0 saturated carbocycles. The lowest BCUT2D eigenvalue weighted by Crippen LogP contribution is -2.35. The van der Waals surface area contributed by atoms with Crippen LogP contribution in [0.5, 0.6) is 0 Å². The molecule has 178 valence electrons. The van der Waals surface area contributed by atoms with E-state index in [1.165, 1.54) is 0 Å². The van der Waals surface area contributed by atoms with Crippen molar-refractivity contribution in [3.63, 3.8) is 0 Å². The molecule has 2 aromatic carbocycles. The van der Waals surface area contributed by atoms with Gasteiger partial charge in [-0.1, -0.05) is 18.6 Å². The van der Waals surface area contributed by atoms with E-state index in [1.807, 2.05) is 24.3 Å². The number of benzene rings is 2. The zero-order chi connectivity index (χ0) is 23.7. The van der Waals surface area contributed by atoms with Crippen LogP contribution in [0.1, 0.15) is 43.2 Å². The Labute approximate surface area is 200 Å². The SMILES string of the molecule is O=C1CCCN1c1ccc(/C=C/C(=O)N2CCc3cc(S(=O)(=O)N4CCCCC4)ccc32)cc1. The molecule has 2 aromatic rings. The lowest BCUT2D eigenvalue weighted by Gasteiger charge is -2.26. The lowest BCUT2D eigenvalue weighted by atomic mass is 10.1. The smallest absolute Gasteiger partial charge is 0.251 e. The minimum absolute atomic E-state index is 0.135. The van der Waals surface area contributed by atoms with E-state index < -0.39 is 10.0 Å². The van der Waals surface area contributed by atoms with Crippen molar-refractivity contribution >= 4 is 39.3 Å². The van der Waals surface area contributed by atoms with Crippen LogP contribution in [0.3, 0.4) is 0 Å². The molecule has 0 aliphatic carbocycles. The number of carbonyl (C=O) groups excluding carboxylic acids is 2. The molecule has 34 heavy (non-hydrogen) atoms. The van der Waals surface area contributed by atoms with Gasteiger partial charge in [-0.2, -0.15) is 4.31 Å². The molecular formula is C26H29N3O4S. The molecule has 2 saturated heterocycles. The van der Waals surface area contributed by atoms with Crippen molar-refractivity contribution in [1.82, 2.24) is 4.31 Å². The summed E-state index contributed by atoms with van der Waals surface area (Å²) < 4.78 is 27.6. The maximum Gasteiger partial charge on any atom is 0.251 e. The number of sulfonamides is 1. The van der Waals surface area contributed by atoms with Crippen LogP contribution in [-0.4, -0.2) is 50.7 Å². The molecule has 3 aliphatic rings.